The molecule has 1 aliphatic carbocycles. The van der Waals surface area contributed by atoms with Gasteiger partial charge in [0.2, 0.25) is 11.8 Å². The average Bonchev–Trinajstić information content (AvgIpc) is 2.63. The van der Waals surface area contributed by atoms with Crippen molar-refractivity contribution in [2.75, 3.05) is 13.1 Å². The van der Waals surface area contributed by atoms with Crippen LogP contribution >= 0.6 is 0 Å². The summed E-state index contributed by atoms with van der Waals surface area (Å²) in [5.41, 5.74) is 0. The van der Waals surface area contributed by atoms with E-state index in [9.17, 15) is 13.6 Å². The predicted molar refractivity (Wildman–Crippen MR) is 60.9 cm³/mol. The molecule has 1 heterocycles. The fourth-order valence-corrected chi connectivity index (χ4v) is 2.74. The number of hydrogen-bond acceptors (Lipinski definition) is 2. The molecule has 2 unspecified atom stereocenters. The molecule has 17 heavy (non-hydrogen) atoms. The summed E-state index contributed by atoms with van der Waals surface area (Å²) in [6.07, 6.45) is 3.01. The Hall–Kier alpha value is -0.710. The standard InChI is InChI=1S/C12H20F2N2O/c13-12(14)5-1-2-9(6-12)7-15-8-10-3-4-11(17)16-10/h9-10,15H,1-8H2,(H,16,17). The average molecular weight is 246 g/mol. The lowest BCUT2D eigenvalue weighted by molar-refractivity contribution is -0.119. The monoisotopic (exact) mass is 246 g/mol. The Balaban J connectivity index is 1.63. The largest absolute Gasteiger partial charge is 0.352 e. The van der Waals surface area contributed by atoms with Gasteiger partial charge in [-0.25, -0.2) is 8.78 Å². The van der Waals surface area contributed by atoms with Crippen LogP contribution in [0.5, 0.6) is 0 Å². The first-order valence-electron chi connectivity index (χ1n) is 6.43. The van der Waals surface area contributed by atoms with E-state index in [-0.39, 0.29) is 30.7 Å². The smallest absolute Gasteiger partial charge is 0.248 e. The van der Waals surface area contributed by atoms with E-state index >= 15 is 0 Å². The molecule has 0 spiro atoms. The number of nitrogens with one attached hydrogen (secondary N) is 2. The lowest BCUT2D eigenvalue weighted by Crippen LogP contribution is -2.39. The zero-order valence-electron chi connectivity index (χ0n) is 9.98. The summed E-state index contributed by atoms with van der Waals surface area (Å²) >= 11 is 0. The lowest BCUT2D eigenvalue weighted by Gasteiger charge is -2.29. The predicted octanol–water partition coefficient (Wildman–Crippen LogP) is 1.68. The highest BCUT2D eigenvalue weighted by molar-refractivity contribution is 5.78. The Morgan fingerprint density at radius 1 is 1.35 bits per heavy atom. The highest BCUT2D eigenvalue weighted by Crippen LogP contribution is 2.36. The van der Waals surface area contributed by atoms with Gasteiger partial charge in [0, 0.05) is 31.8 Å². The van der Waals surface area contributed by atoms with E-state index in [1.54, 1.807) is 0 Å². The third-order valence-corrected chi connectivity index (χ3v) is 3.65. The number of carbonyl (C=O) groups excluding carboxylic acids is 1. The van der Waals surface area contributed by atoms with Gasteiger partial charge in [0.1, 0.15) is 0 Å². The van der Waals surface area contributed by atoms with Gasteiger partial charge in [-0.2, -0.15) is 0 Å². The van der Waals surface area contributed by atoms with E-state index in [0.717, 1.165) is 12.8 Å². The van der Waals surface area contributed by atoms with Crippen molar-refractivity contribution >= 4 is 5.91 Å². The molecule has 1 saturated heterocycles. The molecule has 5 heteroatoms. The van der Waals surface area contributed by atoms with Crippen LogP contribution in [0.25, 0.3) is 0 Å². The van der Waals surface area contributed by atoms with Crippen LogP contribution < -0.4 is 10.6 Å². The van der Waals surface area contributed by atoms with Crippen LogP contribution in [0.15, 0.2) is 0 Å². The molecule has 0 bridgehead atoms. The number of carbonyl (C=O) groups is 1. The minimum Gasteiger partial charge on any atom is -0.352 e. The molecule has 1 amide bonds. The van der Waals surface area contributed by atoms with Crippen LogP contribution in [-0.4, -0.2) is 31.0 Å². The van der Waals surface area contributed by atoms with Gasteiger partial charge in [-0.3, -0.25) is 4.79 Å². The normalized spacial score (nSPS) is 32.5. The van der Waals surface area contributed by atoms with Crippen LogP contribution in [0.1, 0.15) is 38.5 Å². The zero-order valence-corrected chi connectivity index (χ0v) is 9.98. The minimum absolute atomic E-state index is 0.0109. The van der Waals surface area contributed by atoms with Crippen molar-refractivity contribution in [1.82, 2.24) is 10.6 Å². The molecule has 2 aliphatic rings. The second-order valence-electron chi connectivity index (χ2n) is 5.28. The van der Waals surface area contributed by atoms with E-state index in [1.807, 2.05) is 0 Å². The minimum atomic E-state index is -2.47. The van der Waals surface area contributed by atoms with Crippen LogP contribution in [0.4, 0.5) is 8.78 Å². The summed E-state index contributed by atoms with van der Waals surface area (Å²) in [4.78, 5) is 11.0. The maximum Gasteiger partial charge on any atom is 0.248 e. The van der Waals surface area contributed by atoms with Gasteiger partial charge in [-0.1, -0.05) is 0 Å². The second kappa shape index (κ2) is 5.29. The van der Waals surface area contributed by atoms with Crippen molar-refractivity contribution in [2.24, 2.45) is 5.92 Å². The zero-order chi connectivity index (χ0) is 12.3. The molecule has 98 valence electrons. The fraction of sp³-hybridized carbons (Fsp3) is 0.917. The number of hydrogen-bond donors (Lipinski definition) is 2. The summed E-state index contributed by atoms with van der Waals surface area (Å²) in [7, 11) is 0. The van der Waals surface area contributed by atoms with Gasteiger partial charge < -0.3 is 10.6 Å². The second-order valence-corrected chi connectivity index (χ2v) is 5.28. The quantitative estimate of drug-likeness (QED) is 0.792. The molecule has 0 aromatic heterocycles. The molecule has 3 nitrogen and oxygen atoms in total. The maximum atomic E-state index is 13.1. The maximum absolute atomic E-state index is 13.1. The third-order valence-electron chi connectivity index (χ3n) is 3.65. The molecule has 0 radical (unpaired) electrons. The van der Waals surface area contributed by atoms with Gasteiger partial charge >= 0.3 is 0 Å². The van der Waals surface area contributed by atoms with E-state index in [0.29, 0.717) is 25.9 Å². The highest BCUT2D eigenvalue weighted by Gasteiger charge is 2.35. The van der Waals surface area contributed by atoms with Crippen LogP contribution in [0.3, 0.4) is 0 Å². The summed E-state index contributed by atoms with van der Waals surface area (Å²) in [6, 6.07) is 0.187. The van der Waals surface area contributed by atoms with E-state index in [4.69, 9.17) is 0 Å². The van der Waals surface area contributed by atoms with Crippen LogP contribution in [0, 0.1) is 5.92 Å². The van der Waals surface area contributed by atoms with Crippen molar-refractivity contribution in [3.05, 3.63) is 0 Å². The molecule has 2 fully saturated rings. The number of halogens is 2. The summed E-state index contributed by atoms with van der Waals surface area (Å²) < 4.78 is 26.3. The topological polar surface area (TPSA) is 41.1 Å². The summed E-state index contributed by atoms with van der Waals surface area (Å²) in [6.45, 7) is 1.34. The Labute approximate surface area is 100 Å². The first-order valence-corrected chi connectivity index (χ1v) is 6.43. The molecule has 2 rings (SSSR count). The Bertz CT molecular complexity index is 284. The summed E-state index contributed by atoms with van der Waals surface area (Å²) in [5, 5.41) is 6.07. The molecular weight excluding hydrogens is 226 g/mol. The van der Waals surface area contributed by atoms with Gasteiger partial charge in [0.25, 0.3) is 0 Å². The molecule has 1 saturated carbocycles. The number of rotatable bonds is 4. The molecule has 0 aromatic carbocycles. The Morgan fingerprint density at radius 3 is 2.82 bits per heavy atom. The molecule has 1 aliphatic heterocycles. The highest BCUT2D eigenvalue weighted by atomic mass is 19.3. The molecular formula is C12H20F2N2O. The SMILES string of the molecule is O=C1CCC(CNCC2CCCC(F)(F)C2)N1. The Morgan fingerprint density at radius 2 is 2.18 bits per heavy atom. The van der Waals surface area contributed by atoms with Gasteiger partial charge in [-0.05, 0) is 31.7 Å². The summed E-state index contributed by atoms with van der Waals surface area (Å²) in [5.74, 6) is -2.29. The third kappa shape index (κ3) is 3.91. The number of alkyl halides is 2. The van der Waals surface area contributed by atoms with Gasteiger partial charge in [0.15, 0.2) is 0 Å². The first-order chi connectivity index (χ1) is 8.05. The number of amides is 1. The van der Waals surface area contributed by atoms with Crippen molar-refractivity contribution in [1.29, 1.82) is 0 Å². The van der Waals surface area contributed by atoms with Crippen molar-refractivity contribution in [3.63, 3.8) is 0 Å². The van der Waals surface area contributed by atoms with Gasteiger partial charge in [-0.15, -0.1) is 0 Å². The first kappa shape index (κ1) is 12.7. The van der Waals surface area contributed by atoms with Crippen LogP contribution in [-0.2, 0) is 4.79 Å². The Kier molecular flexibility index (Phi) is 3.97. The lowest BCUT2D eigenvalue weighted by atomic mass is 9.86. The molecule has 2 N–H and O–H groups in total. The van der Waals surface area contributed by atoms with Gasteiger partial charge in [0.05, 0.1) is 0 Å². The van der Waals surface area contributed by atoms with E-state index < -0.39 is 5.92 Å². The van der Waals surface area contributed by atoms with E-state index in [2.05, 4.69) is 10.6 Å². The van der Waals surface area contributed by atoms with Crippen LogP contribution in [0.2, 0.25) is 0 Å². The van der Waals surface area contributed by atoms with Crippen molar-refractivity contribution in [3.8, 4) is 0 Å². The molecule has 2 atom stereocenters. The fourth-order valence-electron chi connectivity index (χ4n) is 2.74. The van der Waals surface area contributed by atoms with Crippen molar-refractivity contribution in [2.45, 2.75) is 50.5 Å². The molecule has 0 aromatic rings. The van der Waals surface area contributed by atoms with E-state index in [1.165, 1.54) is 0 Å². The van der Waals surface area contributed by atoms with Crippen molar-refractivity contribution < 1.29 is 13.6 Å².